The molecule has 0 nitrogen and oxygen atoms in total. The van der Waals surface area contributed by atoms with E-state index in [9.17, 15) is 0 Å². The summed E-state index contributed by atoms with van der Waals surface area (Å²) < 4.78 is 0. The summed E-state index contributed by atoms with van der Waals surface area (Å²) in [5.41, 5.74) is 0. The van der Waals surface area contributed by atoms with Crippen molar-refractivity contribution in [3.8, 4) is 0 Å². The molecule has 0 spiro atoms. The van der Waals surface area contributed by atoms with Gasteiger partial charge in [0.15, 0.2) is 0 Å². The van der Waals surface area contributed by atoms with Gasteiger partial charge in [-0.25, -0.2) is 0 Å². The van der Waals surface area contributed by atoms with Crippen LogP contribution in [0, 0.1) is 0 Å². The molecule has 0 aliphatic heterocycles. The van der Waals surface area contributed by atoms with Gasteiger partial charge in [-0.1, -0.05) is 115 Å². The lowest BCUT2D eigenvalue weighted by molar-refractivity contribution is 1.66. The summed E-state index contributed by atoms with van der Waals surface area (Å²) in [7, 11) is -2.38. The Kier molecular flexibility index (Phi) is 4.74. The number of hydrogen-bond donors (Lipinski definition) is 0. The third kappa shape index (κ3) is 2.90. The van der Waals surface area contributed by atoms with Crippen molar-refractivity contribution < 1.29 is 0 Å². The van der Waals surface area contributed by atoms with Gasteiger partial charge in [0, 0.05) is 5.02 Å². The van der Waals surface area contributed by atoms with E-state index in [1.165, 1.54) is 20.7 Å². The molecule has 4 rings (SSSR count). The summed E-state index contributed by atoms with van der Waals surface area (Å²) in [6, 6.07) is 41.1. The van der Waals surface area contributed by atoms with Gasteiger partial charge in [-0.2, -0.15) is 20.7 Å². The zero-order chi connectivity index (χ0) is 17.8. The summed E-state index contributed by atoms with van der Waals surface area (Å²) >= 11 is 6.22. The highest BCUT2D eigenvalue weighted by Gasteiger charge is 2.27. The maximum absolute atomic E-state index is 6.22. The second-order valence-corrected chi connectivity index (χ2v) is 10.6. The summed E-state index contributed by atoms with van der Waals surface area (Å²) in [6.07, 6.45) is 0. The van der Waals surface area contributed by atoms with Crippen molar-refractivity contribution in [1.82, 2.24) is 0 Å². The first-order chi connectivity index (χ1) is 12.8. The Morgan fingerprint density at radius 1 is 0.385 bits per heavy atom. The highest BCUT2D eigenvalue weighted by molar-refractivity contribution is 7.19. The van der Waals surface area contributed by atoms with E-state index in [1.54, 1.807) is 0 Å². The number of hydrogen-bond acceptors (Lipinski definition) is 0. The maximum atomic E-state index is 6.22. The van der Waals surface area contributed by atoms with Crippen LogP contribution in [0.2, 0.25) is 5.02 Å². The minimum atomic E-state index is -2.38. The molecular formula is C24H19ClSi-. The van der Waals surface area contributed by atoms with Crippen molar-refractivity contribution >= 4 is 40.4 Å². The Morgan fingerprint density at radius 2 is 0.692 bits per heavy atom. The zero-order valence-corrected chi connectivity index (χ0v) is 16.1. The number of benzene rings is 4. The molecule has 0 fully saturated rings. The normalized spacial score (nSPS) is 11.3. The lowest BCUT2D eigenvalue weighted by Crippen LogP contribution is -2.74. The Hall–Kier alpha value is -2.61. The predicted molar refractivity (Wildman–Crippen MR) is 115 cm³/mol. The molecule has 0 atom stereocenters. The number of rotatable bonds is 4. The maximum Gasteiger partial charge on any atom is 0.0403 e. The summed E-state index contributed by atoms with van der Waals surface area (Å²) in [6.45, 7) is 0. The third-order valence-corrected chi connectivity index (χ3v) is 9.95. The first-order valence-electron chi connectivity index (χ1n) is 8.74. The fourth-order valence-electron chi connectivity index (χ4n) is 3.76. The lowest BCUT2D eigenvalue weighted by Gasteiger charge is -2.47. The van der Waals surface area contributed by atoms with E-state index in [-0.39, 0.29) is 0 Å². The Morgan fingerprint density at radius 3 is 1.04 bits per heavy atom. The molecule has 0 amide bonds. The van der Waals surface area contributed by atoms with E-state index in [1.807, 2.05) is 12.1 Å². The standard InChI is InChI=1S/C24H19ClSi/c25-20-16-18-24(19-17-20)26(21-10-4-1-5-11-21,22-12-6-2-7-13-22)23-14-8-3-9-15-23/h1-19H/q-1. The van der Waals surface area contributed by atoms with Crippen molar-refractivity contribution in [2.45, 2.75) is 0 Å². The molecule has 0 radical (unpaired) electrons. The van der Waals surface area contributed by atoms with E-state index in [0.29, 0.717) is 0 Å². The first kappa shape index (κ1) is 16.8. The fraction of sp³-hybridized carbons (Fsp3) is 0. The van der Waals surface area contributed by atoms with Gasteiger partial charge in [0.25, 0.3) is 0 Å². The number of halogens is 1. The van der Waals surface area contributed by atoms with E-state index in [4.69, 9.17) is 11.6 Å². The van der Waals surface area contributed by atoms with Gasteiger partial charge in [-0.05, 0) is 20.2 Å². The lowest BCUT2D eigenvalue weighted by atomic mass is 10.3. The summed E-state index contributed by atoms with van der Waals surface area (Å²) in [5.74, 6) is 0. The van der Waals surface area contributed by atoms with Gasteiger partial charge in [-0.3, -0.25) is 0 Å². The van der Waals surface area contributed by atoms with Crippen LogP contribution in [-0.2, 0) is 0 Å². The Labute approximate surface area is 160 Å². The highest BCUT2D eigenvalue weighted by atomic mass is 35.5. The van der Waals surface area contributed by atoms with Crippen LogP contribution in [0.5, 0.6) is 0 Å². The minimum Gasteiger partial charge on any atom is -0.171 e. The SMILES string of the molecule is Clc1ccc([Si-](c2ccccc2)(c2ccccc2)c2ccccc2)cc1. The summed E-state index contributed by atoms with van der Waals surface area (Å²) in [4.78, 5) is 0. The van der Waals surface area contributed by atoms with Gasteiger partial charge in [-0.15, -0.1) is 0 Å². The van der Waals surface area contributed by atoms with E-state index in [0.717, 1.165) is 5.02 Å². The molecule has 4 aromatic carbocycles. The molecule has 127 valence electrons. The molecule has 0 saturated heterocycles. The zero-order valence-electron chi connectivity index (χ0n) is 14.3. The van der Waals surface area contributed by atoms with Gasteiger partial charge < -0.3 is 0 Å². The largest absolute Gasteiger partial charge is 0.171 e. The quantitative estimate of drug-likeness (QED) is 0.379. The predicted octanol–water partition coefficient (Wildman–Crippen LogP) is 3.72. The molecule has 2 heteroatoms. The van der Waals surface area contributed by atoms with Gasteiger partial charge >= 0.3 is 0 Å². The van der Waals surface area contributed by atoms with Crippen LogP contribution in [0.15, 0.2) is 115 Å². The highest BCUT2D eigenvalue weighted by Crippen LogP contribution is 2.12. The van der Waals surface area contributed by atoms with Crippen LogP contribution in [0.4, 0.5) is 0 Å². The van der Waals surface area contributed by atoms with Crippen LogP contribution < -0.4 is 20.7 Å². The van der Waals surface area contributed by atoms with E-state index < -0.39 is 8.07 Å². The van der Waals surface area contributed by atoms with Gasteiger partial charge in [0.05, 0.1) is 0 Å². The smallest absolute Gasteiger partial charge is 0.0403 e. The molecule has 0 aliphatic carbocycles. The van der Waals surface area contributed by atoms with Crippen molar-refractivity contribution in [3.05, 3.63) is 120 Å². The average molecular weight is 371 g/mol. The van der Waals surface area contributed by atoms with E-state index in [2.05, 4.69) is 103 Å². The molecule has 0 aliphatic rings. The van der Waals surface area contributed by atoms with E-state index >= 15 is 0 Å². The monoisotopic (exact) mass is 370 g/mol. The van der Waals surface area contributed by atoms with Crippen molar-refractivity contribution in [3.63, 3.8) is 0 Å². The third-order valence-electron chi connectivity index (χ3n) is 4.90. The Bertz CT molecular complexity index is 868. The molecule has 0 unspecified atom stereocenters. The van der Waals surface area contributed by atoms with Crippen molar-refractivity contribution in [2.75, 3.05) is 0 Å². The van der Waals surface area contributed by atoms with Crippen molar-refractivity contribution in [1.29, 1.82) is 0 Å². The van der Waals surface area contributed by atoms with Crippen molar-refractivity contribution in [2.24, 2.45) is 0 Å². The summed E-state index contributed by atoms with van der Waals surface area (Å²) in [5, 5.41) is 6.23. The minimum absolute atomic E-state index is 0.769. The molecular weight excluding hydrogens is 352 g/mol. The fourth-order valence-corrected chi connectivity index (χ4v) is 8.63. The van der Waals surface area contributed by atoms with Crippen LogP contribution in [0.3, 0.4) is 0 Å². The van der Waals surface area contributed by atoms with Crippen LogP contribution in [-0.4, -0.2) is 8.07 Å². The molecule has 0 bridgehead atoms. The second-order valence-electron chi connectivity index (χ2n) is 6.35. The second kappa shape index (κ2) is 7.33. The molecule has 4 aromatic rings. The molecule has 0 aromatic heterocycles. The Balaban J connectivity index is 2.12. The van der Waals surface area contributed by atoms with Gasteiger partial charge in [0.2, 0.25) is 0 Å². The molecule has 26 heavy (non-hydrogen) atoms. The van der Waals surface area contributed by atoms with Crippen LogP contribution in [0.1, 0.15) is 0 Å². The first-order valence-corrected chi connectivity index (χ1v) is 11.1. The van der Waals surface area contributed by atoms with Gasteiger partial charge in [0.1, 0.15) is 0 Å². The van der Waals surface area contributed by atoms with Crippen LogP contribution in [0.25, 0.3) is 0 Å². The average Bonchev–Trinajstić information content (AvgIpc) is 2.72. The topological polar surface area (TPSA) is 0 Å². The molecule has 0 heterocycles. The van der Waals surface area contributed by atoms with Crippen LogP contribution >= 0.6 is 11.6 Å². The molecule has 0 saturated carbocycles. The molecule has 0 N–H and O–H groups in total.